The van der Waals surface area contributed by atoms with Gasteiger partial charge in [-0.25, -0.2) is 0 Å². The van der Waals surface area contributed by atoms with Crippen LogP contribution in [0, 0.1) is 0 Å². The maximum Gasteiger partial charge on any atom is 0.140 e. The van der Waals surface area contributed by atoms with E-state index in [1.54, 1.807) is 0 Å². The lowest BCUT2D eigenvalue weighted by atomic mass is 10.1. The Hall–Kier alpha value is -0.320. The molecule has 4 heteroatoms. The molecule has 0 fully saturated rings. The Morgan fingerprint density at radius 3 is 2.33 bits per heavy atom. The SMILES string of the molecule is BrCc1cccc2c1oc1c(CBr)ccc(Br)c12. The van der Waals surface area contributed by atoms with E-state index in [2.05, 4.69) is 78.1 Å². The molecule has 0 N–H and O–H groups in total. The molecule has 0 radical (unpaired) electrons. The van der Waals surface area contributed by atoms with Crippen molar-refractivity contribution in [3.05, 3.63) is 45.9 Å². The minimum atomic E-state index is 0.792. The van der Waals surface area contributed by atoms with Gasteiger partial charge in [-0.3, -0.25) is 0 Å². The van der Waals surface area contributed by atoms with E-state index in [4.69, 9.17) is 4.42 Å². The molecule has 3 rings (SSSR count). The minimum Gasteiger partial charge on any atom is -0.455 e. The van der Waals surface area contributed by atoms with Crippen molar-refractivity contribution in [1.29, 1.82) is 0 Å². The zero-order valence-electron chi connectivity index (χ0n) is 9.34. The largest absolute Gasteiger partial charge is 0.455 e. The third-order valence-electron chi connectivity index (χ3n) is 3.05. The van der Waals surface area contributed by atoms with Gasteiger partial charge in [0.2, 0.25) is 0 Å². The van der Waals surface area contributed by atoms with E-state index in [0.29, 0.717) is 0 Å². The average Bonchev–Trinajstić information content (AvgIpc) is 2.79. The number of benzene rings is 2. The lowest BCUT2D eigenvalue weighted by molar-refractivity contribution is 0.662. The quantitative estimate of drug-likeness (QED) is 0.443. The number of para-hydroxylation sites is 1. The molecule has 0 aliphatic rings. The second-order valence-electron chi connectivity index (χ2n) is 4.07. The fraction of sp³-hybridized carbons (Fsp3) is 0.143. The van der Waals surface area contributed by atoms with Gasteiger partial charge >= 0.3 is 0 Å². The molecular formula is C14H9Br3O. The summed E-state index contributed by atoms with van der Waals surface area (Å²) >= 11 is 10.6. The van der Waals surface area contributed by atoms with Crippen molar-refractivity contribution in [2.45, 2.75) is 10.7 Å². The normalized spacial score (nSPS) is 11.5. The van der Waals surface area contributed by atoms with Crippen LogP contribution in [0.15, 0.2) is 39.2 Å². The zero-order valence-corrected chi connectivity index (χ0v) is 14.1. The molecule has 18 heavy (non-hydrogen) atoms. The van der Waals surface area contributed by atoms with E-state index in [9.17, 15) is 0 Å². The van der Waals surface area contributed by atoms with Gasteiger partial charge in [-0.1, -0.05) is 72.1 Å². The van der Waals surface area contributed by atoms with Crippen molar-refractivity contribution in [3.63, 3.8) is 0 Å². The van der Waals surface area contributed by atoms with Crippen LogP contribution in [0.2, 0.25) is 0 Å². The molecule has 0 amide bonds. The number of hydrogen-bond acceptors (Lipinski definition) is 1. The standard InChI is InChI=1S/C14H9Br3O/c15-6-8-2-1-3-10-12-11(17)5-4-9(7-16)14(12)18-13(8)10/h1-5H,6-7H2. The average molecular weight is 433 g/mol. The second kappa shape index (κ2) is 4.99. The monoisotopic (exact) mass is 430 g/mol. The van der Waals surface area contributed by atoms with Crippen LogP contribution >= 0.6 is 47.8 Å². The van der Waals surface area contributed by atoms with E-state index in [1.165, 1.54) is 11.1 Å². The van der Waals surface area contributed by atoms with Gasteiger partial charge in [0.05, 0.1) is 0 Å². The van der Waals surface area contributed by atoms with Crippen molar-refractivity contribution in [3.8, 4) is 0 Å². The van der Waals surface area contributed by atoms with Crippen LogP contribution in [0.5, 0.6) is 0 Å². The van der Waals surface area contributed by atoms with E-state index < -0.39 is 0 Å². The highest BCUT2D eigenvalue weighted by atomic mass is 79.9. The van der Waals surface area contributed by atoms with Crippen molar-refractivity contribution < 1.29 is 4.42 Å². The summed E-state index contributed by atoms with van der Waals surface area (Å²) in [7, 11) is 0. The Labute approximate surface area is 130 Å². The number of alkyl halides is 2. The van der Waals surface area contributed by atoms with Gasteiger partial charge in [0.15, 0.2) is 0 Å². The molecule has 0 unspecified atom stereocenters. The van der Waals surface area contributed by atoms with Gasteiger partial charge in [-0.2, -0.15) is 0 Å². The smallest absolute Gasteiger partial charge is 0.140 e. The molecule has 0 saturated carbocycles. The van der Waals surface area contributed by atoms with Crippen LogP contribution in [0.1, 0.15) is 11.1 Å². The molecule has 0 spiro atoms. The predicted molar refractivity (Wildman–Crippen MR) is 86.7 cm³/mol. The van der Waals surface area contributed by atoms with Crippen LogP contribution < -0.4 is 0 Å². The zero-order chi connectivity index (χ0) is 12.7. The molecule has 0 aliphatic heterocycles. The molecule has 1 heterocycles. The molecule has 92 valence electrons. The van der Waals surface area contributed by atoms with Crippen LogP contribution in [0.25, 0.3) is 21.9 Å². The molecule has 1 nitrogen and oxygen atoms in total. The predicted octanol–water partition coefficient (Wildman–Crippen LogP) is 6.14. The van der Waals surface area contributed by atoms with Crippen molar-refractivity contribution in [1.82, 2.24) is 0 Å². The highest BCUT2D eigenvalue weighted by Crippen LogP contribution is 2.38. The van der Waals surface area contributed by atoms with Crippen molar-refractivity contribution in [2.75, 3.05) is 0 Å². The summed E-state index contributed by atoms with van der Waals surface area (Å²) in [6.07, 6.45) is 0. The van der Waals surface area contributed by atoms with Gasteiger partial charge in [-0.15, -0.1) is 0 Å². The molecule has 1 aromatic heterocycles. The first-order valence-corrected chi connectivity index (χ1v) is 8.53. The summed E-state index contributed by atoms with van der Waals surface area (Å²) in [5.74, 6) is 0. The maximum absolute atomic E-state index is 6.09. The number of hydrogen-bond donors (Lipinski definition) is 0. The second-order valence-corrected chi connectivity index (χ2v) is 6.05. The third kappa shape index (κ3) is 1.86. The summed E-state index contributed by atoms with van der Waals surface area (Å²) < 4.78 is 7.16. The van der Waals surface area contributed by atoms with Crippen LogP contribution in [0.3, 0.4) is 0 Å². The molecule has 0 aliphatic carbocycles. The van der Waals surface area contributed by atoms with Crippen molar-refractivity contribution >= 4 is 69.7 Å². The molecule has 0 bridgehead atoms. The summed E-state index contributed by atoms with van der Waals surface area (Å²) in [4.78, 5) is 0. The van der Waals surface area contributed by atoms with Crippen LogP contribution in [-0.2, 0) is 10.7 Å². The first-order valence-electron chi connectivity index (χ1n) is 5.49. The third-order valence-corrected chi connectivity index (χ3v) is 4.92. The molecule has 3 aromatic rings. The molecule has 0 atom stereocenters. The lowest BCUT2D eigenvalue weighted by Crippen LogP contribution is -1.79. The van der Waals surface area contributed by atoms with E-state index in [1.807, 2.05) is 0 Å². The fourth-order valence-corrected chi connectivity index (χ4v) is 3.59. The van der Waals surface area contributed by atoms with E-state index in [0.717, 1.165) is 37.1 Å². The summed E-state index contributed by atoms with van der Waals surface area (Å²) in [5.41, 5.74) is 4.28. The van der Waals surface area contributed by atoms with Gasteiger partial charge in [0.1, 0.15) is 11.2 Å². The first kappa shape index (κ1) is 12.7. The number of rotatable bonds is 2. The molecular weight excluding hydrogens is 424 g/mol. The molecule has 0 saturated heterocycles. The van der Waals surface area contributed by atoms with Gasteiger partial charge in [-0.05, 0) is 6.07 Å². The van der Waals surface area contributed by atoms with E-state index in [-0.39, 0.29) is 0 Å². The summed E-state index contributed by atoms with van der Waals surface area (Å²) in [6, 6.07) is 10.4. The Kier molecular flexibility index (Phi) is 3.52. The Morgan fingerprint density at radius 2 is 1.61 bits per heavy atom. The number of halogens is 3. The van der Waals surface area contributed by atoms with Crippen LogP contribution in [-0.4, -0.2) is 0 Å². The Balaban J connectivity index is 2.53. The number of furan rings is 1. The fourth-order valence-electron chi connectivity index (χ4n) is 2.18. The number of fused-ring (bicyclic) bond motifs is 3. The highest BCUT2D eigenvalue weighted by Gasteiger charge is 2.15. The molecule has 2 aromatic carbocycles. The Bertz CT molecular complexity index is 731. The Morgan fingerprint density at radius 1 is 0.889 bits per heavy atom. The van der Waals surface area contributed by atoms with Crippen molar-refractivity contribution in [2.24, 2.45) is 0 Å². The summed E-state index contributed by atoms with van der Waals surface area (Å²) in [5, 5.41) is 3.91. The highest BCUT2D eigenvalue weighted by molar-refractivity contribution is 9.10. The first-order chi connectivity index (χ1) is 8.76. The van der Waals surface area contributed by atoms with Gasteiger partial charge < -0.3 is 4.42 Å². The summed E-state index contributed by atoms with van der Waals surface area (Å²) in [6.45, 7) is 0. The van der Waals surface area contributed by atoms with Gasteiger partial charge in [0.25, 0.3) is 0 Å². The minimum absolute atomic E-state index is 0.792. The maximum atomic E-state index is 6.09. The van der Waals surface area contributed by atoms with Gasteiger partial charge in [0, 0.05) is 37.0 Å². The van der Waals surface area contributed by atoms with Crippen LogP contribution in [0.4, 0.5) is 0 Å². The topological polar surface area (TPSA) is 13.1 Å². The van der Waals surface area contributed by atoms with E-state index >= 15 is 0 Å². The lowest BCUT2D eigenvalue weighted by Gasteiger charge is -1.98.